The molecule has 4 heteroatoms. The molecule has 0 N–H and O–H groups in total. The van der Waals surface area contributed by atoms with Crippen molar-refractivity contribution in [3.05, 3.63) is 95.6 Å². The van der Waals surface area contributed by atoms with E-state index in [1.54, 1.807) is 0 Å². The third-order valence-electron chi connectivity index (χ3n) is 6.74. The summed E-state index contributed by atoms with van der Waals surface area (Å²) in [4.78, 5) is 0. The number of nitrogens with zero attached hydrogens (tertiary/aromatic N) is 2. The second-order valence-electron chi connectivity index (χ2n) is 9.21. The van der Waals surface area contributed by atoms with E-state index in [2.05, 4.69) is 78.7 Å². The summed E-state index contributed by atoms with van der Waals surface area (Å²) in [5.74, 6) is 1.86. The normalized spacial score (nSPS) is 18.6. The molecule has 3 aromatic carbocycles. The predicted molar refractivity (Wildman–Crippen MR) is 137 cm³/mol. The van der Waals surface area contributed by atoms with Crippen molar-refractivity contribution in [3.8, 4) is 11.5 Å². The Morgan fingerprint density at radius 1 is 0.853 bits per heavy atom. The Labute approximate surface area is 203 Å². The van der Waals surface area contributed by atoms with Crippen LogP contribution >= 0.6 is 0 Å². The molecule has 0 radical (unpaired) electrons. The van der Waals surface area contributed by atoms with E-state index in [1.807, 2.05) is 12.1 Å². The highest BCUT2D eigenvalue weighted by molar-refractivity contribution is 6.01. The summed E-state index contributed by atoms with van der Waals surface area (Å²) in [5.41, 5.74) is 4.57. The van der Waals surface area contributed by atoms with Gasteiger partial charge in [-0.25, -0.2) is 5.01 Å². The van der Waals surface area contributed by atoms with E-state index in [0.717, 1.165) is 42.2 Å². The summed E-state index contributed by atoms with van der Waals surface area (Å²) in [5, 5.41) is 7.18. The van der Waals surface area contributed by atoms with Gasteiger partial charge < -0.3 is 9.47 Å². The maximum absolute atomic E-state index is 6.48. The zero-order chi connectivity index (χ0) is 23.2. The number of hydrogen-bond acceptors (Lipinski definition) is 4. The average Bonchev–Trinajstić information content (AvgIpc) is 3.35. The fourth-order valence-electron chi connectivity index (χ4n) is 4.86. The molecule has 2 aliphatic heterocycles. The molecule has 5 rings (SSSR count). The van der Waals surface area contributed by atoms with Crippen molar-refractivity contribution < 1.29 is 9.47 Å². The molecule has 2 heterocycles. The number of hydrazone groups is 1. The van der Waals surface area contributed by atoms with E-state index in [9.17, 15) is 0 Å². The Hall–Kier alpha value is -3.27. The molecule has 0 aliphatic carbocycles. The second kappa shape index (κ2) is 10.8. The van der Waals surface area contributed by atoms with E-state index in [0.29, 0.717) is 0 Å². The molecule has 0 saturated heterocycles. The molecule has 2 aliphatic rings. The Bertz CT molecular complexity index is 1090. The first kappa shape index (κ1) is 22.5. The van der Waals surface area contributed by atoms with Crippen LogP contribution in [0.3, 0.4) is 0 Å². The Balaban J connectivity index is 1.29. The van der Waals surface area contributed by atoms with Gasteiger partial charge in [0.15, 0.2) is 0 Å². The van der Waals surface area contributed by atoms with Gasteiger partial charge >= 0.3 is 0 Å². The van der Waals surface area contributed by atoms with Crippen molar-refractivity contribution in [3.63, 3.8) is 0 Å². The number of para-hydroxylation sites is 1. The van der Waals surface area contributed by atoms with Gasteiger partial charge in [-0.1, -0.05) is 87.6 Å². The molecule has 0 bridgehead atoms. The smallest absolute Gasteiger partial charge is 0.213 e. The summed E-state index contributed by atoms with van der Waals surface area (Å²) in [7, 11) is 0. The number of rotatable bonds is 10. The van der Waals surface area contributed by atoms with Crippen molar-refractivity contribution >= 4 is 5.71 Å². The SMILES string of the molecule is CCCCCCCCOc1ccc([C@@H]2Oc3ccccc3[C@H]3CC(c4ccccc4)=NN32)cc1. The molecule has 0 amide bonds. The molecule has 3 aromatic rings. The Kier molecular flexibility index (Phi) is 7.13. The second-order valence-corrected chi connectivity index (χ2v) is 9.21. The molecule has 34 heavy (non-hydrogen) atoms. The van der Waals surface area contributed by atoms with Crippen molar-refractivity contribution in [1.82, 2.24) is 5.01 Å². The lowest BCUT2D eigenvalue weighted by atomic mass is 9.96. The fraction of sp³-hybridized carbons (Fsp3) is 0.367. The largest absolute Gasteiger partial charge is 0.494 e. The van der Waals surface area contributed by atoms with E-state index in [-0.39, 0.29) is 12.3 Å². The van der Waals surface area contributed by atoms with Crippen molar-refractivity contribution in [2.24, 2.45) is 5.10 Å². The topological polar surface area (TPSA) is 34.1 Å². The molecule has 0 fully saturated rings. The third-order valence-corrected chi connectivity index (χ3v) is 6.74. The Morgan fingerprint density at radius 2 is 1.59 bits per heavy atom. The van der Waals surface area contributed by atoms with Gasteiger partial charge in [0.25, 0.3) is 0 Å². The molecule has 0 saturated carbocycles. The first-order valence-corrected chi connectivity index (χ1v) is 12.7. The summed E-state index contributed by atoms with van der Waals surface area (Å²) >= 11 is 0. The van der Waals surface area contributed by atoms with Crippen LogP contribution < -0.4 is 9.47 Å². The number of benzene rings is 3. The molecule has 0 spiro atoms. The lowest BCUT2D eigenvalue weighted by molar-refractivity contribution is -0.0190. The van der Waals surface area contributed by atoms with E-state index in [1.165, 1.54) is 43.2 Å². The van der Waals surface area contributed by atoms with Crippen molar-refractivity contribution in [2.75, 3.05) is 6.61 Å². The number of fused-ring (bicyclic) bond motifs is 3. The van der Waals surface area contributed by atoms with Crippen LogP contribution in [0.15, 0.2) is 84.0 Å². The zero-order valence-electron chi connectivity index (χ0n) is 20.0. The first-order valence-electron chi connectivity index (χ1n) is 12.7. The van der Waals surface area contributed by atoms with Gasteiger partial charge in [-0.3, -0.25) is 0 Å². The minimum atomic E-state index is -0.256. The average molecular weight is 455 g/mol. The fourth-order valence-corrected chi connectivity index (χ4v) is 4.86. The number of ether oxygens (including phenoxy) is 2. The van der Waals surface area contributed by atoms with Gasteiger partial charge in [0.05, 0.1) is 18.4 Å². The molecular weight excluding hydrogens is 420 g/mol. The molecule has 0 unspecified atom stereocenters. The number of hydrogen-bond donors (Lipinski definition) is 0. The third kappa shape index (κ3) is 4.96. The van der Waals surface area contributed by atoms with Crippen LogP contribution in [0.2, 0.25) is 0 Å². The molecule has 176 valence electrons. The van der Waals surface area contributed by atoms with Gasteiger partial charge in [-0.2, -0.15) is 5.10 Å². The van der Waals surface area contributed by atoms with Crippen LogP contribution in [-0.2, 0) is 0 Å². The summed E-state index contributed by atoms with van der Waals surface area (Å²) in [6.45, 7) is 3.03. The van der Waals surface area contributed by atoms with Crippen LogP contribution in [0.1, 0.15) is 80.8 Å². The number of unbranched alkanes of at least 4 members (excludes halogenated alkanes) is 5. The predicted octanol–water partition coefficient (Wildman–Crippen LogP) is 7.67. The lowest BCUT2D eigenvalue weighted by Crippen LogP contribution is -2.33. The van der Waals surface area contributed by atoms with Crippen LogP contribution in [0.25, 0.3) is 0 Å². The summed E-state index contributed by atoms with van der Waals surface area (Å²) in [6.07, 6.45) is 8.24. The highest BCUT2D eigenvalue weighted by Crippen LogP contribution is 2.47. The van der Waals surface area contributed by atoms with E-state index < -0.39 is 0 Å². The van der Waals surface area contributed by atoms with Gasteiger partial charge in [-0.05, 0) is 42.3 Å². The highest BCUT2D eigenvalue weighted by Gasteiger charge is 2.40. The van der Waals surface area contributed by atoms with Gasteiger partial charge in [-0.15, -0.1) is 0 Å². The Morgan fingerprint density at radius 3 is 2.41 bits per heavy atom. The maximum atomic E-state index is 6.48. The molecule has 4 nitrogen and oxygen atoms in total. The van der Waals surface area contributed by atoms with Gasteiger partial charge in [0, 0.05) is 17.5 Å². The highest BCUT2D eigenvalue weighted by atomic mass is 16.5. The van der Waals surface area contributed by atoms with Crippen LogP contribution in [0.5, 0.6) is 11.5 Å². The lowest BCUT2D eigenvalue weighted by Gasteiger charge is -2.38. The minimum absolute atomic E-state index is 0.175. The summed E-state index contributed by atoms with van der Waals surface area (Å²) in [6, 6.07) is 27.3. The standard InChI is InChI=1S/C30H34N2O2/c1-2-3-4-5-6-12-21-33-25-19-17-24(18-20-25)30-32-28(26-15-10-11-16-29(26)34-30)22-27(31-32)23-13-8-7-9-14-23/h7-11,13-20,28,30H,2-6,12,21-22H2,1H3/t28-,30+/m1/s1. The van der Waals surface area contributed by atoms with E-state index >= 15 is 0 Å². The van der Waals surface area contributed by atoms with Crippen LogP contribution in [0, 0.1) is 0 Å². The van der Waals surface area contributed by atoms with Gasteiger partial charge in [0.1, 0.15) is 11.5 Å². The minimum Gasteiger partial charge on any atom is -0.494 e. The van der Waals surface area contributed by atoms with Crippen LogP contribution in [-0.4, -0.2) is 17.3 Å². The molecule has 2 atom stereocenters. The first-order chi connectivity index (χ1) is 16.8. The monoisotopic (exact) mass is 454 g/mol. The quantitative estimate of drug-likeness (QED) is 0.295. The van der Waals surface area contributed by atoms with Crippen molar-refractivity contribution in [1.29, 1.82) is 0 Å². The molecule has 0 aromatic heterocycles. The van der Waals surface area contributed by atoms with Crippen molar-refractivity contribution in [2.45, 2.75) is 64.1 Å². The maximum Gasteiger partial charge on any atom is 0.213 e. The van der Waals surface area contributed by atoms with E-state index in [4.69, 9.17) is 14.6 Å². The van der Waals surface area contributed by atoms with Gasteiger partial charge in [0.2, 0.25) is 6.23 Å². The van der Waals surface area contributed by atoms with Crippen LogP contribution in [0.4, 0.5) is 0 Å². The summed E-state index contributed by atoms with van der Waals surface area (Å²) < 4.78 is 12.5. The molecular formula is C30H34N2O2. The zero-order valence-corrected chi connectivity index (χ0v) is 20.0.